The highest BCUT2D eigenvalue weighted by Gasteiger charge is 2.54. The molecule has 0 atom stereocenters. The number of hydrogen-bond acceptors (Lipinski definition) is 2. The van der Waals surface area contributed by atoms with Crippen LogP contribution >= 0.6 is 0 Å². The summed E-state index contributed by atoms with van der Waals surface area (Å²) in [6, 6.07) is 0. The smallest absolute Gasteiger partial charge is 0.135 e. The maximum absolute atomic E-state index is 11.7. The van der Waals surface area contributed by atoms with Gasteiger partial charge < -0.3 is 0 Å². The van der Waals surface area contributed by atoms with E-state index in [1.165, 1.54) is 77.0 Å². The zero-order valence-electron chi connectivity index (χ0n) is 16.8. The van der Waals surface area contributed by atoms with E-state index >= 15 is 0 Å². The minimum atomic E-state index is 0.161. The summed E-state index contributed by atoms with van der Waals surface area (Å²) in [6.45, 7) is 3.65. The standard InChI is InChI=1S/2C12H18O/c2*1-8(13)12-5-9-2-10(6-12)4-11(3-9)7-12/h2*9-11H,2-7H2,1H3. The van der Waals surface area contributed by atoms with Gasteiger partial charge in [-0.05, 0) is 126 Å². The van der Waals surface area contributed by atoms with Crippen LogP contribution in [0, 0.1) is 46.3 Å². The molecule has 8 bridgehead atoms. The fourth-order valence-corrected chi connectivity index (χ4v) is 9.08. The van der Waals surface area contributed by atoms with Crippen LogP contribution in [0.5, 0.6) is 0 Å². The summed E-state index contributed by atoms with van der Waals surface area (Å²) in [5.41, 5.74) is 0.323. The van der Waals surface area contributed by atoms with Crippen LogP contribution in [0.3, 0.4) is 0 Å². The lowest BCUT2D eigenvalue weighted by atomic mass is 9.48. The molecule has 144 valence electrons. The molecule has 0 saturated heterocycles. The lowest BCUT2D eigenvalue weighted by Gasteiger charge is -2.55. The van der Waals surface area contributed by atoms with Gasteiger partial charge in [0.15, 0.2) is 0 Å². The number of ketones is 2. The minimum Gasteiger partial charge on any atom is -0.299 e. The quantitative estimate of drug-likeness (QED) is 0.647. The highest BCUT2D eigenvalue weighted by Crippen LogP contribution is 2.61. The van der Waals surface area contributed by atoms with Crippen LogP contribution in [0.4, 0.5) is 0 Å². The van der Waals surface area contributed by atoms with Crippen molar-refractivity contribution in [3.05, 3.63) is 0 Å². The molecule has 0 heterocycles. The van der Waals surface area contributed by atoms with Crippen molar-refractivity contribution in [2.24, 2.45) is 46.3 Å². The average Bonchev–Trinajstić information content (AvgIpc) is 2.52. The SMILES string of the molecule is CC(=O)C12CC3CC(CC(C3)C1)C2.CC(=O)C12CC3CC(CC(C3)C1)C2. The van der Waals surface area contributed by atoms with Crippen LogP contribution < -0.4 is 0 Å². The summed E-state index contributed by atoms with van der Waals surface area (Å²) in [4.78, 5) is 23.4. The third-order valence-corrected chi connectivity index (χ3v) is 9.57. The molecule has 26 heavy (non-hydrogen) atoms. The summed E-state index contributed by atoms with van der Waals surface area (Å²) in [6.07, 6.45) is 16.0. The number of hydrogen-bond donors (Lipinski definition) is 0. The maximum atomic E-state index is 11.7. The number of Topliss-reactive ketones (excluding diaryl/α,β-unsaturated/α-hetero) is 2. The van der Waals surface area contributed by atoms with Crippen molar-refractivity contribution < 1.29 is 9.59 Å². The highest BCUT2D eigenvalue weighted by molar-refractivity contribution is 5.83. The Bertz CT molecular complexity index is 491. The summed E-state index contributed by atoms with van der Waals surface area (Å²) in [5, 5.41) is 0. The van der Waals surface area contributed by atoms with E-state index in [9.17, 15) is 9.59 Å². The Kier molecular flexibility index (Phi) is 3.97. The maximum Gasteiger partial charge on any atom is 0.135 e. The van der Waals surface area contributed by atoms with Gasteiger partial charge in [-0.1, -0.05) is 0 Å². The highest BCUT2D eigenvalue weighted by atomic mass is 16.1. The van der Waals surface area contributed by atoms with Gasteiger partial charge in [0.1, 0.15) is 11.6 Å². The molecule has 2 nitrogen and oxygen atoms in total. The molecule has 8 aliphatic carbocycles. The van der Waals surface area contributed by atoms with Crippen molar-refractivity contribution in [2.75, 3.05) is 0 Å². The third-order valence-electron chi connectivity index (χ3n) is 9.57. The second-order valence-corrected chi connectivity index (χ2v) is 11.5. The van der Waals surface area contributed by atoms with Gasteiger partial charge in [0.05, 0.1) is 0 Å². The van der Waals surface area contributed by atoms with E-state index in [0.29, 0.717) is 11.6 Å². The van der Waals surface area contributed by atoms with Crippen LogP contribution in [0.1, 0.15) is 90.9 Å². The van der Waals surface area contributed by atoms with E-state index in [0.717, 1.165) is 35.5 Å². The first-order valence-corrected chi connectivity index (χ1v) is 11.4. The second-order valence-electron chi connectivity index (χ2n) is 11.5. The Morgan fingerprint density at radius 2 is 0.692 bits per heavy atom. The Morgan fingerprint density at radius 1 is 0.500 bits per heavy atom. The summed E-state index contributed by atoms with van der Waals surface area (Å²) >= 11 is 0. The molecule has 8 aliphatic rings. The summed E-state index contributed by atoms with van der Waals surface area (Å²) in [7, 11) is 0. The molecule has 0 radical (unpaired) electrons. The molecule has 0 N–H and O–H groups in total. The van der Waals surface area contributed by atoms with Crippen LogP contribution in [0.15, 0.2) is 0 Å². The first kappa shape index (κ1) is 17.4. The molecule has 2 heteroatoms. The van der Waals surface area contributed by atoms with Crippen molar-refractivity contribution in [1.29, 1.82) is 0 Å². The van der Waals surface area contributed by atoms with Gasteiger partial charge in [-0.25, -0.2) is 0 Å². The van der Waals surface area contributed by atoms with Gasteiger partial charge in [-0.3, -0.25) is 9.59 Å². The van der Waals surface area contributed by atoms with Crippen molar-refractivity contribution in [2.45, 2.75) is 90.9 Å². The molecule has 0 unspecified atom stereocenters. The van der Waals surface area contributed by atoms with Gasteiger partial charge in [-0.15, -0.1) is 0 Å². The van der Waals surface area contributed by atoms with Gasteiger partial charge >= 0.3 is 0 Å². The Labute approximate surface area is 158 Å². The Morgan fingerprint density at radius 3 is 0.846 bits per heavy atom. The predicted molar refractivity (Wildman–Crippen MR) is 103 cm³/mol. The van der Waals surface area contributed by atoms with Crippen molar-refractivity contribution >= 4 is 11.6 Å². The third kappa shape index (κ3) is 2.73. The molecule has 0 aromatic heterocycles. The molecule has 0 aromatic rings. The molecule has 0 aliphatic heterocycles. The van der Waals surface area contributed by atoms with E-state index in [4.69, 9.17) is 0 Å². The van der Waals surface area contributed by atoms with Crippen LogP contribution in [-0.4, -0.2) is 11.6 Å². The molecule has 8 rings (SSSR count). The normalized spacial score (nSPS) is 52.5. The Balaban J connectivity index is 0.000000115. The van der Waals surface area contributed by atoms with E-state index < -0.39 is 0 Å². The van der Waals surface area contributed by atoms with Crippen molar-refractivity contribution in [1.82, 2.24) is 0 Å². The summed E-state index contributed by atoms with van der Waals surface area (Å²) in [5.74, 6) is 6.46. The van der Waals surface area contributed by atoms with E-state index in [2.05, 4.69) is 0 Å². The van der Waals surface area contributed by atoms with Crippen molar-refractivity contribution in [3.63, 3.8) is 0 Å². The fourth-order valence-electron chi connectivity index (χ4n) is 9.08. The zero-order valence-corrected chi connectivity index (χ0v) is 16.8. The van der Waals surface area contributed by atoms with E-state index in [1.54, 1.807) is 0 Å². The molecule has 0 amide bonds. The van der Waals surface area contributed by atoms with Crippen LogP contribution in [0.2, 0.25) is 0 Å². The average molecular weight is 357 g/mol. The topological polar surface area (TPSA) is 34.1 Å². The number of carbonyl (C=O) groups excluding carboxylic acids is 2. The number of carbonyl (C=O) groups is 2. The van der Waals surface area contributed by atoms with Gasteiger partial charge in [0.2, 0.25) is 0 Å². The van der Waals surface area contributed by atoms with Gasteiger partial charge in [0, 0.05) is 10.8 Å². The Hall–Kier alpha value is -0.660. The molecular weight excluding hydrogens is 320 g/mol. The minimum absolute atomic E-state index is 0.161. The predicted octanol–water partition coefficient (Wildman–Crippen LogP) is 5.58. The number of rotatable bonds is 2. The van der Waals surface area contributed by atoms with E-state index in [1.807, 2.05) is 13.8 Å². The summed E-state index contributed by atoms with van der Waals surface area (Å²) < 4.78 is 0. The largest absolute Gasteiger partial charge is 0.299 e. The monoisotopic (exact) mass is 356 g/mol. The van der Waals surface area contributed by atoms with Crippen LogP contribution in [-0.2, 0) is 9.59 Å². The first-order chi connectivity index (χ1) is 12.4. The zero-order chi connectivity index (χ0) is 18.1. The van der Waals surface area contributed by atoms with Crippen LogP contribution in [0.25, 0.3) is 0 Å². The van der Waals surface area contributed by atoms with E-state index in [-0.39, 0.29) is 10.8 Å². The lowest BCUT2D eigenvalue weighted by Crippen LogP contribution is -2.49. The second kappa shape index (κ2) is 5.92. The fraction of sp³-hybridized carbons (Fsp3) is 0.917. The van der Waals surface area contributed by atoms with Crippen molar-refractivity contribution in [3.8, 4) is 0 Å². The molecular formula is C24H36O2. The molecule has 0 spiro atoms. The van der Waals surface area contributed by atoms with Gasteiger partial charge in [0.25, 0.3) is 0 Å². The van der Waals surface area contributed by atoms with Gasteiger partial charge in [-0.2, -0.15) is 0 Å². The molecule has 8 saturated carbocycles. The first-order valence-electron chi connectivity index (χ1n) is 11.4. The lowest BCUT2D eigenvalue weighted by molar-refractivity contribution is -0.141. The molecule has 8 fully saturated rings. The molecule has 0 aromatic carbocycles.